The first-order chi connectivity index (χ1) is 10.9. The van der Waals surface area contributed by atoms with Crippen molar-refractivity contribution in [1.82, 2.24) is 0 Å². The van der Waals surface area contributed by atoms with Gasteiger partial charge in [0.25, 0.3) is 0 Å². The molecule has 1 amide bonds. The zero-order valence-electron chi connectivity index (χ0n) is 12.0. The van der Waals surface area contributed by atoms with E-state index in [4.69, 9.17) is 27.9 Å². The van der Waals surface area contributed by atoms with E-state index >= 15 is 0 Å². The molecule has 4 nitrogen and oxygen atoms in total. The van der Waals surface area contributed by atoms with Crippen LogP contribution in [0.5, 0.6) is 5.75 Å². The van der Waals surface area contributed by atoms with Gasteiger partial charge in [-0.1, -0.05) is 23.2 Å². The first-order valence-corrected chi connectivity index (χ1v) is 7.30. The molecule has 7 heteroatoms. The summed E-state index contributed by atoms with van der Waals surface area (Å²) < 4.78 is 19.2. The smallest absolute Gasteiger partial charge is 0.221 e. The number of amides is 1. The van der Waals surface area contributed by atoms with Crippen molar-refractivity contribution in [3.05, 3.63) is 57.8 Å². The minimum Gasteiger partial charge on any atom is -0.485 e. The van der Waals surface area contributed by atoms with Crippen LogP contribution in [-0.2, 0) is 4.79 Å². The Labute approximate surface area is 142 Å². The van der Waals surface area contributed by atoms with Crippen LogP contribution in [0, 0.1) is 5.82 Å². The van der Waals surface area contributed by atoms with E-state index in [-0.39, 0.29) is 23.8 Å². The lowest BCUT2D eigenvalue weighted by atomic mass is 10.1. The summed E-state index contributed by atoms with van der Waals surface area (Å²) in [7, 11) is 0. The molecule has 0 spiro atoms. The fourth-order valence-corrected chi connectivity index (χ4v) is 2.10. The number of carbonyl (C=O) groups is 2. The van der Waals surface area contributed by atoms with E-state index in [1.54, 1.807) is 6.07 Å². The van der Waals surface area contributed by atoms with Crippen LogP contribution in [0.15, 0.2) is 36.4 Å². The van der Waals surface area contributed by atoms with Crippen LogP contribution < -0.4 is 10.1 Å². The Morgan fingerprint density at radius 3 is 2.48 bits per heavy atom. The highest BCUT2D eigenvalue weighted by Crippen LogP contribution is 2.26. The monoisotopic (exact) mass is 355 g/mol. The molecule has 0 heterocycles. The highest BCUT2D eigenvalue weighted by Gasteiger charge is 2.14. The van der Waals surface area contributed by atoms with Crippen LogP contribution >= 0.6 is 23.2 Å². The average Bonchev–Trinajstić information content (AvgIpc) is 2.47. The predicted molar refractivity (Wildman–Crippen MR) is 87.0 cm³/mol. The highest BCUT2D eigenvalue weighted by atomic mass is 35.5. The van der Waals surface area contributed by atoms with E-state index < -0.39 is 11.6 Å². The molecule has 0 atom stereocenters. The summed E-state index contributed by atoms with van der Waals surface area (Å²) in [5, 5.41) is 3.09. The maximum absolute atomic E-state index is 13.9. The molecule has 0 aliphatic rings. The number of nitrogens with one attached hydrogen (secondary N) is 1. The van der Waals surface area contributed by atoms with E-state index in [2.05, 4.69) is 5.32 Å². The summed E-state index contributed by atoms with van der Waals surface area (Å²) in [5.41, 5.74) is 0.149. The van der Waals surface area contributed by atoms with Gasteiger partial charge in [-0.05, 0) is 30.3 Å². The Morgan fingerprint density at radius 1 is 1.13 bits per heavy atom. The van der Waals surface area contributed by atoms with Crippen LogP contribution in [0.2, 0.25) is 10.0 Å². The molecule has 1 N–H and O–H groups in total. The summed E-state index contributed by atoms with van der Waals surface area (Å²) in [4.78, 5) is 22.9. The van der Waals surface area contributed by atoms with Gasteiger partial charge in [-0.2, -0.15) is 0 Å². The SMILES string of the molecule is CC(=O)Nc1ccc(C(=O)COc2ccc(Cl)c(Cl)c2)c(F)c1. The molecule has 0 aliphatic carbocycles. The standard InChI is InChI=1S/C16H12Cl2FNO3/c1-9(21)20-10-2-4-12(15(19)6-10)16(22)8-23-11-3-5-13(17)14(18)7-11/h2-7H,8H2,1H3,(H,20,21). The van der Waals surface area contributed by atoms with E-state index in [9.17, 15) is 14.0 Å². The molecule has 2 rings (SSSR count). The summed E-state index contributed by atoms with van der Waals surface area (Å²) in [6.45, 7) is 0.955. The Morgan fingerprint density at radius 2 is 1.87 bits per heavy atom. The molecule has 2 aromatic carbocycles. The maximum atomic E-state index is 13.9. The number of Topliss-reactive ketones (excluding diaryl/α,β-unsaturated/α-hetero) is 1. The third-order valence-electron chi connectivity index (χ3n) is 2.85. The highest BCUT2D eigenvalue weighted by molar-refractivity contribution is 6.42. The molecule has 23 heavy (non-hydrogen) atoms. The van der Waals surface area contributed by atoms with E-state index in [0.717, 1.165) is 6.07 Å². The first kappa shape index (κ1) is 17.2. The molecule has 0 unspecified atom stereocenters. The Kier molecular flexibility index (Phi) is 5.58. The van der Waals surface area contributed by atoms with Crippen molar-refractivity contribution in [3.8, 4) is 5.75 Å². The van der Waals surface area contributed by atoms with Crippen molar-refractivity contribution in [2.45, 2.75) is 6.92 Å². The van der Waals surface area contributed by atoms with Crippen molar-refractivity contribution in [1.29, 1.82) is 0 Å². The second-order valence-electron chi connectivity index (χ2n) is 4.66. The third-order valence-corrected chi connectivity index (χ3v) is 3.59. The summed E-state index contributed by atoms with van der Waals surface area (Å²) in [6, 6.07) is 8.36. The van der Waals surface area contributed by atoms with Gasteiger partial charge >= 0.3 is 0 Å². The number of benzene rings is 2. The number of carbonyl (C=O) groups excluding carboxylic acids is 2. The number of ether oxygens (including phenoxy) is 1. The molecule has 0 saturated heterocycles. The van der Waals surface area contributed by atoms with Gasteiger partial charge in [-0.15, -0.1) is 0 Å². The zero-order valence-corrected chi connectivity index (χ0v) is 13.5. The van der Waals surface area contributed by atoms with Crippen molar-refractivity contribution in [3.63, 3.8) is 0 Å². The largest absolute Gasteiger partial charge is 0.485 e. The van der Waals surface area contributed by atoms with Gasteiger partial charge in [-0.25, -0.2) is 4.39 Å². The predicted octanol–water partition coefficient (Wildman–Crippen LogP) is 4.35. The number of anilines is 1. The Balaban J connectivity index is 2.05. The van der Waals surface area contributed by atoms with Crippen molar-refractivity contribution < 1.29 is 18.7 Å². The second kappa shape index (κ2) is 7.44. The summed E-state index contributed by atoms with van der Waals surface area (Å²) >= 11 is 11.6. The van der Waals surface area contributed by atoms with Crippen molar-refractivity contribution in [2.75, 3.05) is 11.9 Å². The van der Waals surface area contributed by atoms with E-state index in [1.165, 1.54) is 31.2 Å². The normalized spacial score (nSPS) is 10.3. The van der Waals surface area contributed by atoms with Crippen LogP contribution in [0.4, 0.5) is 10.1 Å². The first-order valence-electron chi connectivity index (χ1n) is 6.55. The van der Waals surface area contributed by atoms with Gasteiger partial charge in [0.15, 0.2) is 6.61 Å². The molecule has 0 aromatic heterocycles. The molecular formula is C16H12Cl2FNO3. The maximum Gasteiger partial charge on any atom is 0.221 e. The summed E-state index contributed by atoms with van der Waals surface area (Å²) in [6.07, 6.45) is 0. The lowest BCUT2D eigenvalue weighted by molar-refractivity contribution is -0.114. The molecular weight excluding hydrogens is 344 g/mol. The number of rotatable bonds is 5. The molecule has 120 valence electrons. The molecule has 0 bridgehead atoms. The average molecular weight is 356 g/mol. The van der Waals surface area contributed by atoms with Crippen molar-refractivity contribution in [2.24, 2.45) is 0 Å². The minimum absolute atomic E-state index is 0.126. The number of hydrogen-bond acceptors (Lipinski definition) is 3. The second-order valence-corrected chi connectivity index (χ2v) is 5.48. The fourth-order valence-electron chi connectivity index (χ4n) is 1.82. The van der Waals surface area contributed by atoms with E-state index in [1.807, 2.05) is 0 Å². The van der Waals surface area contributed by atoms with Crippen LogP contribution in [0.3, 0.4) is 0 Å². The Hall–Kier alpha value is -2.11. The van der Waals surface area contributed by atoms with Gasteiger partial charge in [-0.3, -0.25) is 9.59 Å². The number of halogens is 3. The van der Waals surface area contributed by atoms with Crippen molar-refractivity contribution >= 4 is 40.6 Å². The zero-order chi connectivity index (χ0) is 17.0. The molecule has 0 fully saturated rings. The lowest BCUT2D eigenvalue weighted by Gasteiger charge is -2.08. The third kappa shape index (κ3) is 4.68. The van der Waals surface area contributed by atoms with Crippen LogP contribution in [-0.4, -0.2) is 18.3 Å². The van der Waals surface area contributed by atoms with Gasteiger partial charge in [0, 0.05) is 18.7 Å². The topological polar surface area (TPSA) is 55.4 Å². The molecule has 2 aromatic rings. The van der Waals surface area contributed by atoms with Gasteiger partial charge < -0.3 is 10.1 Å². The molecule has 0 radical (unpaired) electrons. The van der Waals surface area contributed by atoms with Gasteiger partial charge in [0.05, 0.1) is 15.6 Å². The van der Waals surface area contributed by atoms with Crippen LogP contribution in [0.25, 0.3) is 0 Å². The van der Waals surface area contributed by atoms with Gasteiger partial charge in [0.1, 0.15) is 11.6 Å². The minimum atomic E-state index is -0.737. The lowest BCUT2D eigenvalue weighted by Crippen LogP contribution is -2.14. The molecule has 0 aliphatic heterocycles. The Bertz CT molecular complexity index is 765. The van der Waals surface area contributed by atoms with E-state index in [0.29, 0.717) is 15.8 Å². The quantitative estimate of drug-likeness (QED) is 0.811. The van der Waals surface area contributed by atoms with Gasteiger partial charge in [0.2, 0.25) is 11.7 Å². The number of hydrogen-bond donors (Lipinski definition) is 1. The summed E-state index contributed by atoms with van der Waals surface area (Å²) in [5.74, 6) is -1.25. The fraction of sp³-hybridized carbons (Fsp3) is 0.125. The number of ketones is 1. The van der Waals surface area contributed by atoms with Crippen LogP contribution in [0.1, 0.15) is 17.3 Å². The molecule has 0 saturated carbocycles.